The Hall–Kier alpha value is -0.570. The van der Waals surface area contributed by atoms with Crippen LogP contribution in [0.5, 0.6) is 0 Å². The van der Waals surface area contributed by atoms with Crippen LogP contribution in [0.2, 0.25) is 0 Å². The van der Waals surface area contributed by atoms with Crippen LogP contribution in [0.4, 0.5) is 0 Å². The lowest BCUT2D eigenvalue weighted by atomic mass is 9.96. The lowest BCUT2D eigenvalue weighted by molar-refractivity contribution is -0.134. The summed E-state index contributed by atoms with van der Waals surface area (Å²) in [6.07, 6.45) is 3.24. The lowest BCUT2D eigenvalue weighted by Crippen LogP contribution is -2.46. The number of nitrogens with zero attached hydrogens (tertiary/aromatic N) is 1. The van der Waals surface area contributed by atoms with Crippen LogP contribution in [-0.4, -0.2) is 37.0 Å². The van der Waals surface area contributed by atoms with Gasteiger partial charge in [-0.25, -0.2) is 0 Å². The van der Waals surface area contributed by atoms with Gasteiger partial charge in [-0.15, -0.1) is 0 Å². The van der Waals surface area contributed by atoms with Crippen LogP contribution >= 0.6 is 0 Å². The molecule has 0 aliphatic carbocycles. The van der Waals surface area contributed by atoms with Crippen LogP contribution in [0.3, 0.4) is 0 Å². The van der Waals surface area contributed by atoms with Crippen molar-refractivity contribution in [2.45, 2.75) is 26.2 Å². The summed E-state index contributed by atoms with van der Waals surface area (Å²) in [6, 6.07) is 0. The van der Waals surface area contributed by atoms with Crippen molar-refractivity contribution in [2.24, 2.45) is 11.8 Å². The normalized spacial score (nSPS) is 28.6. The van der Waals surface area contributed by atoms with Gasteiger partial charge in [0.15, 0.2) is 0 Å². The molecular weight excluding hydrogens is 176 g/mol. The third-order valence-corrected chi connectivity index (χ3v) is 3.34. The molecule has 1 amide bonds. The zero-order valence-corrected chi connectivity index (χ0v) is 8.96. The Morgan fingerprint density at radius 3 is 2.86 bits per heavy atom. The fourth-order valence-corrected chi connectivity index (χ4v) is 2.28. The summed E-state index contributed by atoms with van der Waals surface area (Å²) in [4.78, 5) is 13.9. The summed E-state index contributed by atoms with van der Waals surface area (Å²) in [5.74, 6) is 1.69. The Kier molecular flexibility index (Phi) is 3.06. The van der Waals surface area contributed by atoms with E-state index < -0.39 is 0 Å². The summed E-state index contributed by atoms with van der Waals surface area (Å²) >= 11 is 0. The quantitative estimate of drug-likeness (QED) is 0.710. The van der Waals surface area contributed by atoms with E-state index in [1.54, 1.807) is 0 Å². The number of piperidine rings is 1. The molecule has 2 heterocycles. The van der Waals surface area contributed by atoms with Crippen molar-refractivity contribution in [1.29, 1.82) is 0 Å². The third kappa shape index (κ3) is 2.27. The van der Waals surface area contributed by atoms with Gasteiger partial charge >= 0.3 is 0 Å². The Balaban J connectivity index is 1.77. The van der Waals surface area contributed by atoms with Gasteiger partial charge in [-0.2, -0.15) is 0 Å². The number of hydrogen-bond donors (Lipinski definition) is 1. The molecule has 0 bridgehead atoms. The molecule has 2 fully saturated rings. The predicted octanol–water partition coefficient (Wildman–Crippen LogP) is 0.854. The molecule has 2 aliphatic rings. The van der Waals surface area contributed by atoms with E-state index in [1.165, 1.54) is 12.8 Å². The highest BCUT2D eigenvalue weighted by Crippen LogP contribution is 2.18. The van der Waals surface area contributed by atoms with Crippen LogP contribution in [0, 0.1) is 11.8 Å². The SMILES string of the molecule is CC1CCCN(C(=O)CC2CNC2)C1. The van der Waals surface area contributed by atoms with Crippen molar-refractivity contribution >= 4 is 5.91 Å². The van der Waals surface area contributed by atoms with Crippen LogP contribution in [0.25, 0.3) is 0 Å². The number of rotatable bonds is 2. The van der Waals surface area contributed by atoms with Gasteiger partial charge in [0.25, 0.3) is 0 Å². The highest BCUT2D eigenvalue weighted by molar-refractivity contribution is 5.76. The second kappa shape index (κ2) is 4.30. The Morgan fingerprint density at radius 2 is 2.29 bits per heavy atom. The standard InChI is InChI=1S/C11H20N2O/c1-9-3-2-4-13(8-9)11(14)5-10-6-12-7-10/h9-10,12H,2-8H2,1H3. The van der Waals surface area contributed by atoms with E-state index in [2.05, 4.69) is 17.1 Å². The zero-order valence-electron chi connectivity index (χ0n) is 8.96. The first-order chi connectivity index (χ1) is 6.75. The molecule has 0 aromatic carbocycles. The molecule has 0 aromatic heterocycles. The number of likely N-dealkylation sites (tertiary alicyclic amines) is 1. The maximum absolute atomic E-state index is 11.8. The Morgan fingerprint density at radius 1 is 1.50 bits per heavy atom. The number of carbonyl (C=O) groups is 1. The summed E-state index contributed by atoms with van der Waals surface area (Å²) in [5, 5.41) is 3.21. The summed E-state index contributed by atoms with van der Waals surface area (Å²) in [5.41, 5.74) is 0. The van der Waals surface area contributed by atoms with Crippen molar-refractivity contribution in [3.05, 3.63) is 0 Å². The molecule has 2 saturated heterocycles. The van der Waals surface area contributed by atoms with Gasteiger partial charge in [0, 0.05) is 19.5 Å². The first-order valence-corrected chi connectivity index (χ1v) is 5.74. The number of nitrogens with one attached hydrogen (secondary N) is 1. The van der Waals surface area contributed by atoms with Crippen molar-refractivity contribution in [3.63, 3.8) is 0 Å². The fraction of sp³-hybridized carbons (Fsp3) is 0.909. The highest BCUT2D eigenvalue weighted by Gasteiger charge is 2.25. The predicted molar refractivity (Wildman–Crippen MR) is 56.0 cm³/mol. The fourth-order valence-electron chi connectivity index (χ4n) is 2.28. The largest absolute Gasteiger partial charge is 0.342 e. The lowest BCUT2D eigenvalue weighted by Gasteiger charge is -2.34. The van der Waals surface area contributed by atoms with Crippen LogP contribution in [0.15, 0.2) is 0 Å². The van der Waals surface area contributed by atoms with Gasteiger partial charge in [0.1, 0.15) is 0 Å². The average molecular weight is 196 g/mol. The first kappa shape index (κ1) is 9.97. The first-order valence-electron chi connectivity index (χ1n) is 5.74. The van der Waals surface area contributed by atoms with Crippen LogP contribution in [-0.2, 0) is 4.79 Å². The van der Waals surface area contributed by atoms with Crippen molar-refractivity contribution in [1.82, 2.24) is 10.2 Å². The van der Waals surface area contributed by atoms with Gasteiger partial charge in [-0.3, -0.25) is 4.79 Å². The number of hydrogen-bond acceptors (Lipinski definition) is 2. The molecule has 1 atom stereocenters. The van der Waals surface area contributed by atoms with E-state index in [4.69, 9.17) is 0 Å². The Bertz CT molecular complexity index is 213. The molecule has 14 heavy (non-hydrogen) atoms. The zero-order chi connectivity index (χ0) is 9.97. The highest BCUT2D eigenvalue weighted by atomic mass is 16.2. The van der Waals surface area contributed by atoms with Gasteiger partial charge in [0.05, 0.1) is 0 Å². The summed E-state index contributed by atoms with van der Waals surface area (Å²) < 4.78 is 0. The molecule has 2 aliphatic heterocycles. The van der Waals surface area contributed by atoms with E-state index in [1.807, 2.05) is 0 Å². The maximum Gasteiger partial charge on any atom is 0.222 e. The molecule has 1 N–H and O–H groups in total. The molecule has 1 unspecified atom stereocenters. The van der Waals surface area contributed by atoms with E-state index in [0.29, 0.717) is 17.7 Å². The minimum absolute atomic E-state index is 0.378. The number of carbonyl (C=O) groups excluding carboxylic acids is 1. The van der Waals surface area contributed by atoms with Gasteiger partial charge in [-0.1, -0.05) is 6.92 Å². The second-order valence-corrected chi connectivity index (χ2v) is 4.82. The molecule has 0 aromatic rings. The van der Waals surface area contributed by atoms with E-state index in [-0.39, 0.29) is 0 Å². The van der Waals surface area contributed by atoms with Crippen molar-refractivity contribution < 1.29 is 4.79 Å². The monoisotopic (exact) mass is 196 g/mol. The topological polar surface area (TPSA) is 32.3 Å². The maximum atomic E-state index is 11.8. The van der Waals surface area contributed by atoms with Crippen LogP contribution in [0.1, 0.15) is 26.2 Å². The van der Waals surface area contributed by atoms with Gasteiger partial charge in [0.2, 0.25) is 5.91 Å². The van der Waals surface area contributed by atoms with Gasteiger partial charge < -0.3 is 10.2 Å². The minimum atomic E-state index is 0.378. The molecule has 3 heteroatoms. The van der Waals surface area contributed by atoms with Crippen molar-refractivity contribution in [2.75, 3.05) is 26.2 Å². The molecule has 0 spiro atoms. The Labute approximate surface area is 85.8 Å². The molecular formula is C11H20N2O. The molecule has 0 saturated carbocycles. The molecule has 80 valence electrons. The smallest absolute Gasteiger partial charge is 0.222 e. The molecule has 0 radical (unpaired) electrons. The van der Waals surface area contributed by atoms with E-state index >= 15 is 0 Å². The minimum Gasteiger partial charge on any atom is -0.342 e. The summed E-state index contributed by atoms with van der Waals surface area (Å²) in [6.45, 7) is 6.29. The van der Waals surface area contributed by atoms with Crippen molar-refractivity contribution in [3.8, 4) is 0 Å². The number of amides is 1. The van der Waals surface area contributed by atoms with E-state index in [9.17, 15) is 4.79 Å². The van der Waals surface area contributed by atoms with Crippen LogP contribution < -0.4 is 5.32 Å². The molecule has 3 nitrogen and oxygen atoms in total. The van der Waals surface area contributed by atoms with E-state index in [0.717, 1.165) is 32.6 Å². The second-order valence-electron chi connectivity index (χ2n) is 4.82. The molecule has 2 rings (SSSR count). The third-order valence-electron chi connectivity index (χ3n) is 3.34. The average Bonchev–Trinajstić information content (AvgIpc) is 2.11. The summed E-state index contributed by atoms with van der Waals surface area (Å²) in [7, 11) is 0. The van der Waals surface area contributed by atoms with Gasteiger partial charge in [-0.05, 0) is 37.8 Å².